The van der Waals surface area contributed by atoms with Crippen LogP contribution in [-0.2, 0) is 12.3 Å². The van der Waals surface area contributed by atoms with Crippen LogP contribution in [0.3, 0.4) is 0 Å². The van der Waals surface area contributed by atoms with E-state index in [2.05, 4.69) is 20.5 Å². The van der Waals surface area contributed by atoms with Crippen LogP contribution < -0.4 is 5.32 Å². The number of nitrogens with one attached hydrogen (secondary N) is 1. The van der Waals surface area contributed by atoms with Crippen molar-refractivity contribution in [2.24, 2.45) is 0 Å². The lowest BCUT2D eigenvalue weighted by Gasteiger charge is -2.12. The van der Waals surface area contributed by atoms with Crippen molar-refractivity contribution in [1.29, 1.82) is 0 Å². The first kappa shape index (κ1) is 24.7. The first-order valence-corrected chi connectivity index (χ1v) is 12.8. The second-order valence-electron chi connectivity index (χ2n) is 8.11. The number of thioether (sulfide) groups is 1. The van der Waals surface area contributed by atoms with Crippen molar-refractivity contribution in [3.8, 4) is 17.1 Å². The molecule has 0 aliphatic carbocycles. The molecular weight excluding hydrogens is 509 g/mol. The van der Waals surface area contributed by atoms with Crippen molar-refractivity contribution < 1.29 is 9.18 Å². The molecule has 5 aromatic rings. The van der Waals surface area contributed by atoms with E-state index in [1.165, 1.54) is 23.9 Å². The van der Waals surface area contributed by atoms with Gasteiger partial charge in [-0.1, -0.05) is 59.8 Å². The zero-order valence-corrected chi connectivity index (χ0v) is 21.1. The van der Waals surface area contributed by atoms with E-state index in [4.69, 9.17) is 11.6 Å². The maximum Gasteiger partial charge on any atom is 0.251 e. The molecule has 1 amide bonds. The van der Waals surface area contributed by atoms with E-state index < -0.39 is 0 Å². The van der Waals surface area contributed by atoms with Crippen molar-refractivity contribution in [1.82, 2.24) is 25.1 Å². The third-order valence-electron chi connectivity index (χ3n) is 5.62. The summed E-state index contributed by atoms with van der Waals surface area (Å²) in [4.78, 5) is 17.1. The summed E-state index contributed by atoms with van der Waals surface area (Å²) >= 11 is 7.76. The molecule has 2 heterocycles. The highest BCUT2D eigenvalue weighted by atomic mass is 35.5. The highest BCUT2D eigenvalue weighted by Crippen LogP contribution is 2.31. The number of carbonyl (C=O) groups excluding carboxylic acids is 1. The Morgan fingerprint density at radius 1 is 0.946 bits per heavy atom. The Morgan fingerprint density at radius 2 is 1.73 bits per heavy atom. The Balaban J connectivity index is 1.39. The van der Waals surface area contributed by atoms with Crippen molar-refractivity contribution in [3.05, 3.63) is 125 Å². The normalized spacial score (nSPS) is 10.9. The molecule has 0 atom stereocenters. The molecule has 0 radical (unpaired) electrons. The maximum absolute atomic E-state index is 13.2. The molecule has 9 heteroatoms. The summed E-state index contributed by atoms with van der Waals surface area (Å²) in [7, 11) is 0. The largest absolute Gasteiger partial charge is 0.348 e. The number of nitrogens with zero attached hydrogens (tertiary/aromatic N) is 4. The van der Waals surface area contributed by atoms with E-state index in [-0.39, 0.29) is 11.7 Å². The number of benzene rings is 3. The third-order valence-corrected chi connectivity index (χ3v) is 6.84. The highest BCUT2D eigenvalue weighted by molar-refractivity contribution is 7.98. The average Bonchev–Trinajstić information content (AvgIpc) is 3.36. The lowest BCUT2D eigenvalue weighted by atomic mass is 10.1. The minimum Gasteiger partial charge on any atom is -0.348 e. The Bertz CT molecular complexity index is 1530. The molecule has 0 aliphatic rings. The molecular formula is C28H21ClFN5OS. The predicted octanol–water partition coefficient (Wildman–Crippen LogP) is 6.34. The highest BCUT2D eigenvalue weighted by Gasteiger charge is 2.18. The fourth-order valence-corrected chi connectivity index (χ4v) is 4.93. The summed E-state index contributed by atoms with van der Waals surface area (Å²) in [6, 6.07) is 24.7. The molecule has 6 nitrogen and oxygen atoms in total. The molecule has 0 bridgehead atoms. The van der Waals surface area contributed by atoms with Gasteiger partial charge in [0.25, 0.3) is 5.91 Å². The molecule has 37 heavy (non-hydrogen) atoms. The molecule has 2 aromatic heterocycles. The summed E-state index contributed by atoms with van der Waals surface area (Å²) in [5, 5.41) is 13.1. The fourth-order valence-electron chi connectivity index (χ4n) is 3.79. The third kappa shape index (κ3) is 5.87. The van der Waals surface area contributed by atoms with Gasteiger partial charge in [0.05, 0.1) is 5.69 Å². The van der Waals surface area contributed by atoms with Crippen LogP contribution >= 0.6 is 23.4 Å². The van der Waals surface area contributed by atoms with Gasteiger partial charge in [0.1, 0.15) is 5.82 Å². The Morgan fingerprint density at radius 3 is 2.51 bits per heavy atom. The minimum atomic E-state index is -0.310. The molecule has 1 N–H and O–H groups in total. The summed E-state index contributed by atoms with van der Waals surface area (Å²) in [6.45, 7) is 0.305. The first-order chi connectivity index (χ1) is 18.1. The van der Waals surface area contributed by atoms with Crippen LogP contribution in [0.2, 0.25) is 5.02 Å². The molecule has 184 valence electrons. The number of halogens is 2. The number of aromatic nitrogens is 4. The smallest absolute Gasteiger partial charge is 0.251 e. The Kier molecular flexibility index (Phi) is 7.58. The van der Waals surface area contributed by atoms with Gasteiger partial charge in [-0.15, -0.1) is 10.2 Å². The Labute approximate surface area is 222 Å². The average molecular weight is 530 g/mol. The quantitative estimate of drug-likeness (QED) is 0.237. The summed E-state index contributed by atoms with van der Waals surface area (Å²) < 4.78 is 15.1. The monoisotopic (exact) mass is 529 g/mol. The van der Waals surface area contributed by atoms with Crippen molar-refractivity contribution in [2.75, 3.05) is 0 Å². The van der Waals surface area contributed by atoms with E-state index in [1.807, 2.05) is 59.2 Å². The van der Waals surface area contributed by atoms with Crippen LogP contribution in [0, 0.1) is 5.82 Å². The van der Waals surface area contributed by atoms with Crippen LogP contribution in [0.1, 0.15) is 21.5 Å². The van der Waals surface area contributed by atoms with Crippen LogP contribution in [0.15, 0.2) is 102 Å². The van der Waals surface area contributed by atoms with Gasteiger partial charge >= 0.3 is 0 Å². The number of hydrogen-bond donors (Lipinski definition) is 1. The zero-order chi connectivity index (χ0) is 25.6. The Hall–Kier alpha value is -4.01. The molecule has 0 unspecified atom stereocenters. The van der Waals surface area contributed by atoms with Gasteiger partial charge in [0.2, 0.25) is 0 Å². The van der Waals surface area contributed by atoms with Crippen LogP contribution in [0.5, 0.6) is 0 Å². The van der Waals surface area contributed by atoms with E-state index >= 15 is 0 Å². The second kappa shape index (κ2) is 11.4. The van der Waals surface area contributed by atoms with E-state index in [1.54, 1.807) is 30.6 Å². The molecule has 0 aliphatic heterocycles. The number of carbonyl (C=O) groups is 1. The van der Waals surface area contributed by atoms with Gasteiger partial charge in [-0.2, -0.15) is 0 Å². The van der Waals surface area contributed by atoms with E-state index in [0.29, 0.717) is 33.9 Å². The summed E-state index contributed by atoms with van der Waals surface area (Å²) in [6.07, 6.45) is 3.42. The van der Waals surface area contributed by atoms with Gasteiger partial charge in [0.15, 0.2) is 11.0 Å². The number of rotatable bonds is 8. The standard InChI is InChI=1S/C28H21ClFN5OS/c29-22-5-3-6-24(16-22)35-26(20-12-14-31-15-13-20)33-34-28(35)37-18-21-4-1-2-7-25(21)27(36)32-17-19-8-10-23(30)11-9-19/h1-16H,17-18H2,(H,32,36). The van der Waals surface area contributed by atoms with Gasteiger partial charge in [-0.3, -0.25) is 14.3 Å². The zero-order valence-electron chi connectivity index (χ0n) is 19.5. The van der Waals surface area contributed by atoms with Crippen molar-refractivity contribution in [3.63, 3.8) is 0 Å². The van der Waals surface area contributed by atoms with Crippen molar-refractivity contribution >= 4 is 29.3 Å². The van der Waals surface area contributed by atoms with Crippen LogP contribution in [0.25, 0.3) is 17.1 Å². The molecule has 0 saturated heterocycles. The lowest BCUT2D eigenvalue weighted by molar-refractivity contribution is 0.0950. The van der Waals surface area contributed by atoms with E-state index in [9.17, 15) is 9.18 Å². The minimum absolute atomic E-state index is 0.200. The van der Waals surface area contributed by atoms with Crippen molar-refractivity contribution in [2.45, 2.75) is 17.5 Å². The van der Waals surface area contributed by atoms with Gasteiger partial charge in [0, 0.05) is 40.8 Å². The van der Waals surface area contributed by atoms with Gasteiger partial charge in [-0.05, 0) is 59.7 Å². The maximum atomic E-state index is 13.2. The summed E-state index contributed by atoms with van der Waals surface area (Å²) in [5.41, 5.74) is 3.95. The van der Waals surface area contributed by atoms with E-state index in [0.717, 1.165) is 22.4 Å². The molecule has 0 saturated carbocycles. The molecule has 5 rings (SSSR count). The van der Waals surface area contributed by atoms with Gasteiger partial charge in [-0.25, -0.2) is 4.39 Å². The number of pyridine rings is 1. The van der Waals surface area contributed by atoms with Gasteiger partial charge < -0.3 is 5.32 Å². The van der Waals surface area contributed by atoms with Crippen LogP contribution in [-0.4, -0.2) is 25.7 Å². The first-order valence-electron chi connectivity index (χ1n) is 11.4. The second-order valence-corrected chi connectivity index (χ2v) is 9.49. The molecule has 0 spiro atoms. The predicted molar refractivity (Wildman–Crippen MR) is 143 cm³/mol. The molecule has 3 aromatic carbocycles. The topological polar surface area (TPSA) is 72.7 Å². The SMILES string of the molecule is O=C(NCc1ccc(F)cc1)c1ccccc1CSc1nnc(-c2ccncc2)n1-c1cccc(Cl)c1. The summed E-state index contributed by atoms with van der Waals surface area (Å²) in [5.74, 6) is 0.650. The molecule has 0 fully saturated rings. The fraction of sp³-hybridized carbons (Fsp3) is 0.0714. The van der Waals surface area contributed by atoms with Crippen LogP contribution in [0.4, 0.5) is 4.39 Å². The number of amides is 1. The number of hydrogen-bond acceptors (Lipinski definition) is 5. The lowest BCUT2D eigenvalue weighted by Crippen LogP contribution is -2.23.